The SMILES string of the molecule is C[C@H]1CN2C[C@H](O)C[C@@H]2CN1Cc1ccc(-c2nc3ccccc3s2)o1. The molecule has 0 aliphatic carbocycles. The summed E-state index contributed by atoms with van der Waals surface area (Å²) in [6.07, 6.45) is 0.722. The molecule has 0 spiro atoms. The third kappa shape index (κ3) is 2.97. The van der Waals surface area contributed by atoms with Crippen LogP contribution in [0.5, 0.6) is 0 Å². The molecule has 136 valence electrons. The van der Waals surface area contributed by atoms with Crippen LogP contribution in [0.25, 0.3) is 21.0 Å². The minimum atomic E-state index is -0.165. The average Bonchev–Trinajstić information content (AvgIpc) is 3.32. The van der Waals surface area contributed by atoms with Gasteiger partial charge in [-0.3, -0.25) is 9.80 Å². The zero-order valence-electron chi connectivity index (χ0n) is 14.8. The van der Waals surface area contributed by atoms with E-state index in [1.165, 1.54) is 4.70 Å². The molecule has 0 saturated carbocycles. The first-order chi connectivity index (χ1) is 12.7. The number of aliphatic hydroxyl groups is 1. The van der Waals surface area contributed by atoms with Gasteiger partial charge in [-0.05, 0) is 37.6 Å². The summed E-state index contributed by atoms with van der Waals surface area (Å²) in [7, 11) is 0. The summed E-state index contributed by atoms with van der Waals surface area (Å²) in [5, 5.41) is 10.9. The number of aliphatic hydroxyl groups excluding tert-OH is 1. The van der Waals surface area contributed by atoms with Crippen molar-refractivity contribution in [1.29, 1.82) is 0 Å². The van der Waals surface area contributed by atoms with E-state index in [1.807, 2.05) is 24.3 Å². The average molecular weight is 369 g/mol. The van der Waals surface area contributed by atoms with Crippen LogP contribution in [0.3, 0.4) is 0 Å². The van der Waals surface area contributed by atoms with Crippen LogP contribution in [-0.4, -0.2) is 57.7 Å². The van der Waals surface area contributed by atoms with Crippen molar-refractivity contribution in [2.45, 2.75) is 38.1 Å². The van der Waals surface area contributed by atoms with E-state index in [0.29, 0.717) is 12.1 Å². The third-order valence-corrected chi connectivity index (χ3v) is 6.65. The Morgan fingerprint density at radius 3 is 2.96 bits per heavy atom. The molecule has 2 aliphatic rings. The highest BCUT2D eigenvalue weighted by molar-refractivity contribution is 7.21. The largest absolute Gasteiger partial charge is 0.457 e. The first kappa shape index (κ1) is 16.4. The molecule has 0 radical (unpaired) electrons. The summed E-state index contributed by atoms with van der Waals surface area (Å²) in [4.78, 5) is 9.59. The molecule has 3 atom stereocenters. The number of para-hydroxylation sites is 1. The lowest BCUT2D eigenvalue weighted by molar-refractivity contribution is 0.0485. The van der Waals surface area contributed by atoms with Crippen LogP contribution in [0.2, 0.25) is 0 Å². The molecule has 3 aromatic rings. The Morgan fingerprint density at radius 1 is 1.19 bits per heavy atom. The smallest absolute Gasteiger partial charge is 0.163 e. The number of fused-ring (bicyclic) bond motifs is 2. The Morgan fingerprint density at radius 2 is 2.08 bits per heavy atom. The highest BCUT2D eigenvalue weighted by Gasteiger charge is 2.38. The zero-order valence-corrected chi connectivity index (χ0v) is 15.7. The number of benzene rings is 1. The number of aromatic nitrogens is 1. The van der Waals surface area contributed by atoms with Crippen molar-refractivity contribution in [2.75, 3.05) is 19.6 Å². The van der Waals surface area contributed by atoms with E-state index in [1.54, 1.807) is 11.3 Å². The molecule has 1 aromatic carbocycles. The minimum absolute atomic E-state index is 0.165. The quantitative estimate of drug-likeness (QED) is 0.768. The van der Waals surface area contributed by atoms with E-state index in [-0.39, 0.29) is 6.10 Å². The van der Waals surface area contributed by atoms with E-state index in [0.717, 1.165) is 54.6 Å². The fourth-order valence-electron chi connectivity index (χ4n) is 4.25. The van der Waals surface area contributed by atoms with Crippen LogP contribution in [0.4, 0.5) is 0 Å². The molecular weight excluding hydrogens is 346 g/mol. The molecule has 5 rings (SSSR count). The van der Waals surface area contributed by atoms with E-state index in [9.17, 15) is 5.11 Å². The Hall–Kier alpha value is -1.73. The van der Waals surface area contributed by atoms with Crippen molar-refractivity contribution in [1.82, 2.24) is 14.8 Å². The molecule has 2 saturated heterocycles. The van der Waals surface area contributed by atoms with Gasteiger partial charge in [0, 0.05) is 31.7 Å². The van der Waals surface area contributed by atoms with Crippen LogP contribution < -0.4 is 0 Å². The van der Waals surface area contributed by atoms with Crippen molar-refractivity contribution in [2.24, 2.45) is 0 Å². The van der Waals surface area contributed by atoms with Gasteiger partial charge in [0.15, 0.2) is 10.8 Å². The first-order valence-corrected chi connectivity index (χ1v) is 10.1. The molecule has 5 nitrogen and oxygen atoms in total. The number of rotatable bonds is 3. The lowest BCUT2D eigenvalue weighted by Crippen LogP contribution is -2.54. The Bertz CT molecular complexity index is 888. The maximum atomic E-state index is 9.93. The van der Waals surface area contributed by atoms with Crippen molar-refractivity contribution < 1.29 is 9.52 Å². The predicted octanol–water partition coefficient (Wildman–Crippen LogP) is 3.20. The van der Waals surface area contributed by atoms with Gasteiger partial charge in [-0.25, -0.2) is 4.98 Å². The first-order valence-electron chi connectivity index (χ1n) is 9.26. The number of furan rings is 1. The molecule has 6 heteroatoms. The van der Waals surface area contributed by atoms with Gasteiger partial charge < -0.3 is 9.52 Å². The number of thiazole rings is 1. The summed E-state index contributed by atoms with van der Waals surface area (Å²) >= 11 is 1.67. The molecule has 0 bridgehead atoms. The van der Waals surface area contributed by atoms with Crippen LogP contribution >= 0.6 is 11.3 Å². The summed E-state index contributed by atoms with van der Waals surface area (Å²) in [5.74, 6) is 1.84. The topological polar surface area (TPSA) is 52.7 Å². The fraction of sp³-hybridized carbons (Fsp3) is 0.450. The van der Waals surface area contributed by atoms with Gasteiger partial charge in [0.1, 0.15) is 5.76 Å². The van der Waals surface area contributed by atoms with Gasteiger partial charge in [0.2, 0.25) is 0 Å². The molecule has 0 amide bonds. The van der Waals surface area contributed by atoms with E-state index < -0.39 is 0 Å². The molecule has 0 unspecified atom stereocenters. The molecule has 26 heavy (non-hydrogen) atoms. The predicted molar refractivity (Wildman–Crippen MR) is 103 cm³/mol. The van der Waals surface area contributed by atoms with Crippen LogP contribution in [0.1, 0.15) is 19.1 Å². The van der Waals surface area contributed by atoms with Gasteiger partial charge in [-0.1, -0.05) is 12.1 Å². The van der Waals surface area contributed by atoms with Gasteiger partial charge in [0.05, 0.1) is 22.9 Å². The highest BCUT2D eigenvalue weighted by atomic mass is 32.1. The molecule has 2 fully saturated rings. The van der Waals surface area contributed by atoms with Crippen LogP contribution in [-0.2, 0) is 6.54 Å². The Balaban J connectivity index is 1.32. The molecule has 2 aliphatic heterocycles. The zero-order chi connectivity index (χ0) is 17.7. The number of piperazine rings is 1. The second kappa shape index (κ2) is 6.46. The van der Waals surface area contributed by atoms with Crippen LogP contribution in [0.15, 0.2) is 40.8 Å². The van der Waals surface area contributed by atoms with Crippen molar-refractivity contribution in [3.05, 3.63) is 42.2 Å². The normalized spacial score (nSPS) is 27.2. The summed E-state index contributed by atoms with van der Waals surface area (Å²) < 4.78 is 7.31. The fourth-order valence-corrected chi connectivity index (χ4v) is 5.18. The maximum Gasteiger partial charge on any atom is 0.163 e. The summed E-state index contributed by atoms with van der Waals surface area (Å²) in [6, 6.07) is 13.2. The monoisotopic (exact) mass is 369 g/mol. The number of hydrogen-bond acceptors (Lipinski definition) is 6. The molecule has 2 aromatic heterocycles. The summed E-state index contributed by atoms with van der Waals surface area (Å²) in [6.45, 7) is 5.92. The Labute approximate surface area is 156 Å². The second-order valence-electron chi connectivity index (χ2n) is 7.53. The second-order valence-corrected chi connectivity index (χ2v) is 8.56. The van der Waals surface area contributed by atoms with Gasteiger partial charge in [0.25, 0.3) is 0 Å². The molecular formula is C20H23N3O2S. The maximum absolute atomic E-state index is 9.93. The lowest BCUT2D eigenvalue weighted by Gasteiger charge is -2.41. The third-order valence-electron chi connectivity index (χ3n) is 5.60. The highest BCUT2D eigenvalue weighted by Crippen LogP contribution is 2.32. The number of hydrogen-bond donors (Lipinski definition) is 1. The Kier molecular flexibility index (Phi) is 4.09. The minimum Gasteiger partial charge on any atom is -0.457 e. The molecule has 4 heterocycles. The van der Waals surface area contributed by atoms with Crippen molar-refractivity contribution in [3.63, 3.8) is 0 Å². The standard InChI is InChI=1S/C20H23N3O2S/c1-13-9-23-11-15(24)8-14(23)10-22(13)12-16-6-7-18(25-16)20-21-17-4-2-3-5-19(17)26-20/h2-7,13-15,24H,8-12H2,1H3/t13-,14+,15+/m0/s1. The lowest BCUT2D eigenvalue weighted by atomic mass is 10.1. The number of nitrogens with zero attached hydrogens (tertiary/aromatic N) is 3. The summed E-state index contributed by atoms with van der Waals surface area (Å²) in [5.41, 5.74) is 1.02. The van der Waals surface area contributed by atoms with Gasteiger partial charge in [-0.15, -0.1) is 11.3 Å². The van der Waals surface area contributed by atoms with Gasteiger partial charge in [-0.2, -0.15) is 0 Å². The van der Waals surface area contributed by atoms with E-state index in [2.05, 4.69) is 33.8 Å². The van der Waals surface area contributed by atoms with Crippen molar-refractivity contribution in [3.8, 4) is 10.8 Å². The van der Waals surface area contributed by atoms with E-state index in [4.69, 9.17) is 4.42 Å². The molecule has 1 N–H and O–H groups in total. The van der Waals surface area contributed by atoms with Crippen LogP contribution in [0, 0.1) is 0 Å². The van der Waals surface area contributed by atoms with E-state index >= 15 is 0 Å². The van der Waals surface area contributed by atoms with Gasteiger partial charge >= 0.3 is 0 Å². The van der Waals surface area contributed by atoms with Crippen molar-refractivity contribution >= 4 is 21.6 Å².